The first-order chi connectivity index (χ1) is 9.11. The van der Waals surface area contributed by atoms with Gasteiger partial charge in [0.15, 0.2) is 0 Å². The van der Waals surface area contributed by atoms with Gasteiger partial charge < -0.3 is 5.11 Å². The van der Waals surface area contributed by atoms with Gasteiger partial charge in [-0.05, 0) is 26.2 Å². The molecule has 4 nitrogen and oxygen atoms in total. The number of piperidine rings is 1. The summed E-state index contributed by atoms with van der Waals surface area (Å²) < 4.78 is 1.93. The lowest BCUT2D eigenvalue weighted by Crippen LogP contribution is -2.35. The Labute approximate surface area is 120 Å². The molecule has 1 aromatic rings. The Morgan fingerprint density at radius 3 is 2.68 bits per heavy atom. The average Bonchev–Trinajstić information content (AvgIpc) is 2.66. The minimum absolute atomic E-state index is 0.125. The Morgan fingerprint density at radius 2 is 2.05 bits per heavy atom. The van der Waals surface area contributed by atoms with Crippen LogP contribution in [0.5, 0.6) is 0 Å². The number of halogens is 1. The van der Waals surface area contributed by atoms with Crippen molar-refractivity contribution in [2.75, 3.05) is 13.1 Å². The minimum Gasteiger partial charge on any atom is -0.393 e. The van der Waals surface area contributed by atoms with Crippen LogP contribution in [-0.2, 0) is 13.1 Å². The monoisotopic (exact) mass is 285 g/mol. The van der Waals surface area contributed by atoms with E-state index in [1.807, 2.05) is 11.6 Å². The lowest BCUT2D eigenvalue weighted by molar-refractivity contribution is 0.0792. The number of aliphatic hydroxyl groups excluding tert-OH is 1. The number of aromatic nitrogens is 2. The fourth-order valence-corrected chi connectivity index (χ4v) is 2.85. The van der Waals surface area contributed by atoms with Crippen molar-refractivity contribution in [3.05, 3.63) is 16.4 Å². The molecule has 1 fully saturated rings. The number of hydrogen-bond donors (Lipinski definition) is 1. The maximum atomic E-state index is 9.53. The lowest BCUT2D eigenvalue weighted by atomic mass is 10.1. The molecule has 108 valence electrons. The van der Waals surface area contributed by atoms with Crippen molar-refractivity contribution in [3.8, 4) is 0 Å². The van der Waals surface area contributed by atoms with Crippen molar-refractivity contribution < 1.29 is 5.11 Å². The Morgan fingerprint density at radius 1 is 1.37 bits per heavy atom. The molecule has 1 aromatic heterocycles. The van der Waals surface area contributed by atoms with Crippen LogP contribution in [0, 0.1) is 6.92 Å². The van der Waals surface area contributed by atoms with Crippen LogP contribution in [0.2, 0.25) is 5.15 Å². The summed E-state index contributed by atoms with van der Waals surface area (Å²) >= 11 is 6.44. The third-order valence-corrected chi connectivity index (χ3v) is 4.27. The number of nitrogens with zero attached hydrogens (tertiary/aromatic N) is 3. The molecular formula is C14H24ClN3O. The molecule has 5 heteroatoms. The summed E-state index contributed by atoms with van der Waals surface area (Å²) in [5.41, 5.74) is 2.18. The molecule has 2 rings (SSSR count). The minimum atomic E-state index is -0.125. The first kappa shape index (κ1) is 14.8. The standard InChI is InChI=1S/C14H24ClN3O/c1-3-4-7-18-14(15)13(11(2)16-18)10-17-8-5-12(19)6-9-17/h12,19H,3-10H2,1-2H3. The second-order valence-electron chi connectivity index (χ2n) is 5.44. The van der Waals surface area contributed by atoms with Crippen LogP contribution in [0.3, 0.4) is 0 Å². The largest absolute Gasteiger partial charge is 0.393 e. The Kier molecular flexibility index (Phi) is 5.25. The highest BCUT2D eigenvalue weighted by Gasteiger charge is 2.20. The fourth-order valence-electron chi connectivity index (χ4n) is 2.53. The molecule has 0 saturated carbocycles. The number of aliphatic hydroxyl groups is 1. The summed E-state index contributed by atoms with van der Waals surface area (Å²) in [7, 11) is 0. The molecule has 0 radical (unpaired) electrons. The molecule has 0 unspecified atom stereocenters. The predicted octanol–water partition coefficient (Wildman–Crippen LogP) is 2.60. The average molecular weight is 286 g/mol. The van der Waals surface area contributed by atoms with Gasteiger partial charge in [-0.3, -0.25) is 9.58 Å². The molecule has 0 amide bonds. The van der Waals surface area contributed by atoms with E-state index < -0.39 is 0 Å². The lowest BCUT2D eigenvalue weighted by Gasteiger charge is -2.29. The van der Waals surface area contributed by atoms with Gasteiger partial charge in [0, 0.05) is 31.7 Å². The second kappa shape index (κ2) is 6.73. The SMILES string of the molecule is CCCCn1nc(C)c(CN2CCC(O)CC2)c1Cl. The van der Waals surface area contributed by atoms with Gasteiger partial charge in [-0.25, -0.2) is 0 Å². The summed E-state index contributed by atoms with van der Waals surface area (Å²) in [5, 5.41) is 14.9. The van der Waals surface area contributed by atoms with Gasteiger partial charge in [-0.15, -0.1) is 0 Å². The molecule has 1 aliphatic rings. The summed E-state index contributed by atoms with van der Waals surface area (Å²) in [6, 6.07) is 0. The van der Waals surface area contributed by atoms with E-state index in [-0.39, 0.29) is 6.10 Å². The van der Waals surface area contributed by atoms with E-state index >= 15 is 0 Å². The zero-order valence-electron chi connectivity index (χ0n) is 11.9. The molecule has 0 aromatic carbocycles. The normalized spacial score (nSPS) is 18.1. The smallest absolute Gasteiger partial charge is 0.131 e. The van der Waals surface area contributed by atoms with Gasteiger partial charge in [0.05, 0.1) is 11.8 Å². The maximum absolute atomic E-state index is 9.53. The summed E-state index contributed by atoms with van der Waals surface area (Å²) in [6.07, 6.45) is 3.85. The van der Waals surface area contributed by atoms with Crippen LogP contribution in [0.25, 0.3) is 0 Å². The molecule has 2 heterocycles. The molecular weight excluding hydrogens is 262 g/mol. The number of likely N-dealkylation sites (tertiary alicyclic amines) is 1. The van der Waals surface area contributed by atoms with Gasteiger partial charge in [-0.1, -0.05) is 24.9 Å². The van der Waals surface area contributed by atoms with Gasteiger partial charge >= 0.3 is 0 Å². The predicted molar refractivity (Wildman–Crippen MR) is 77.4 cm³/mol. The van der Waals surface area contributed by atoms with Crippen LogP contribution in [-0.4, -0.2) is 39.0 Å². The Bertz CT molecular complexity index is 411. The summed E-state index contributed by atoms with van der Waals surface area (Å²) in [6.45, 7) is 7.83. The van der Waals surface area contributed by atoms with Crippen LogP contribution < -0.4 is 0 Å². The van der Waals surface area contributed by atoms with Gasteiger partial charge in [0.2, 0.25) is 0 Å². The van der Waals surface area contributed by atoms with E-state index in [0.717, 1.165) is 68.3 Å². The molecule has 1 saturated heterocycles. The van der Waals surface area contributed by atoms with Crippen molar-refractivity contribution in [2.24, 2.45) is 0 Å². The summed E-state index contributed by atoms with van der Waals surface area (Å²) in [4.78, 5) is 2.35. The number of rotatable bonds is 5. The molecule has 0 atom stereocenters. The molecule has 1 N–H and O–H groups in total. The molecule has 0 spiro atoms. The Balaban J connectivity index is 2.01. The van der Waals surface area contributed by atoms with Crippen LogP contribution in [0.15, 0.2) is 0 Å². The van der Waals surface area contributed by atoms with E-state index in [9.17, 15) is 5.11 Å². The van der Waals surface area contributed by atoms with Crippen LogP contribution in [0.4, 0.5) is 0 Å². The highest BCUT2D eigenvalue weighted by molar-refractivity contribution is 6.30. The molecule has 1 aliphatic heterocycles. The molecule has 0 bridgehead atoms. The van der Waals surface area contributed by atoms with Crippen molar-refractivity contribution >= 4 is 11.6 Å². The fraction of sp³-hybridized carbons (Fsp3) is 0.786. The highest BCUT2D eigenvalue weighted by atomic mass is 35.5. The number of hydrogen-bond acceptors (Lipinski definition) is 3. The second-order valence-corrected chi connectivity index (χ2v) is 5.80. The van der Waals surface area contributed by atoms with Gasteiger partial charge in [0.1, 0.15) is 5.15 Å². The van der Waals surface area contributed by atoms with E-state index in [0.29, 0.717) is 0 Å². The highest BCUT2D eigenvalue weighted by Crippen LogP contribution is 2.23. The third kappa shape index (κ3) is 3.71. The van der Waals surface area contributed by atoms with E-state index in [4.69, 9.17) is 11.6 Å². The molecule has 0 aliphatic carbocycles. The van der Waals surface area contributed by atoms with Gasteiger partial charge in [-0.2, -0.15) is 5.10 Å². The van der Waals surface area contributed by atoms with Crippen molar-refractivity contribution in [3.63, 3.8) is 0 Å². The van der Waals surface area contributed by atoms with E-state index in [1.54, 1.807) is 0 Å². The Hall–Kier alpha value is -0.580. The molecule has 19 heavy (non-hydrogen) atoms. The first-order valence-electron chi connectivity index (χ1n) is 7.24. The van der Waals surface area contributed by atoms with E-state index in [2.05, 4.69) is 16.9 Å². The van der Waals surface area contributed by atoms with Crippen molar-refractivity contribution in [1.29, 1.82) is 0 Å². The van der Waals surface area contributed by atoms with Crippen LogP contribution >= 0.6 is 11.6 Å². The summed E-state index contributed by atoms with van der Waals surface area (Å²) in [5.74, 6) is 0. The third-order valence-electron chi connectivity index (χ3n) is 3.85. The number of unbranched alkanes of at least 4 members (excludes halogenated alkanes) is 1. The van der Waals surface area contributed by atoms with E-state index in [1.165, 1.54) is 0 Å². The first-order valence-corrected chi connectivity index (χ1v) is 7.61. The maximum Gasteiger partial charge on any atom is 0.131 e. The number of aryl methyl sites for hydroxylation is 2. The zero-order chi connectivity index (χ0) is 13.8. The quantitative estimate of drug-likeness (QED) is 0.904. The zero-order valence-corrected chi connectivity index (χ0v) is 12.7. The topological polar surface area (TPSA) is 41.3 Å². The van der Waals surface area contributed by atoms with Gasteiger partial charge in [0.25, 0.3) is 0 Å². The van der Waals surface area contributed by atoms with Crippen LogP contribution in [0.1, 0.15) is 43.9 Å². The van der Waals surface area contributed by atoms with Crippen molar-refractivity contribution in [2.45, 2.75) is 58.7 Å². The van der Waals surface area contributed by atoms with Crippen molar-refractivity contribution in [1.82, 2.24) is 14.7 Å².